The Hall–Kier alpha value is -2.29. The second-order valence-corrected chi connectivity index (χ2v) is 5.36. The fraction of sp³-hybridized carbons (Fsp3) is 0.350. The Bertz CT molecular complexity index is 603. The highest BCUT2D eigenvalue weighted by Crippen LogP contribution is 2.28. The van der Waals surface area contributed by atoms with Crippen molar-refractivity contribution in [3.8, 4) is 0 Å². The minimum Gasteiger partial charge on any atom is -0.465 e. The van der Waals surface area contributed by atoms with Gasteiger partial charge in [0.15, 0.2) is 0 Å². The van der Waals surface area contributed by atoms with Gasteiger partial charge in [0.1, 0.15) is 5.92 Å². The van der Waals surface area contributed by atoms with Crippen molar-refractivity contribution in [3.63, 3.8) is 0 Å². The van der Waals surface area contributed by atoms with E-state index in [1.807, 2.05) is 49.4 Å². The summed E-state index contributed by atoms with van der Waals surface area (Å²) in [4.78, 5) is 14.7. The fourth-order valence-corrected chi connectivity index (χ4v) is 2.80. The topological polar surface area (TPSA) is 29.5 Å². The van der Waals surface area contributed by atoms with Gasteiger partial charge >= 0.3 is 5.97 Å². The lowest BCUT2D eigenvalue weighted by molar-refractivity contribution is -0.143. The number of carbonyl (C=O) groups excluding carboxylic acids is 1. The van der Waals surface area contributed by atoms with Gasteiger partial charge in [0, 0.05) is 18.8 Å². The zero-order valence-corrected chi connectivity index (χ0v) is 14.2. The molecule has 0 saturated heterocycles. The third kappa shape index (κ3) is 4.13. The van der Waals surface area contributed by atoms with Crippen LogP contribution in [0.15, 0.2) is 54.6 Å². The Balaban J connectivity index is 2.34. The Kier molecular flexibility index (Phi) is 6.21. The maximum absolute atomic E-state index is 12.4. The molecule has 0 fully saturated rings. The summed E-state index contributed by atoms with van der Waals surface area (Å²) in [6, 6.07) is 18.0. The van der Waals surface area contributed by atoms with Gasteiger partial charge in [-0.2, -0.15) is 0 Å². The fourth-order valence-electron chi connectivity index (χ4n) is 2.80. The van der Waals surface area contributed by atoms with Gasteiger partial charge < -0.3 is 9.64 Å². The minimum atomic E-state index is -0.373. The minimum absolute atomic E-state index is 0.200. The second kappa shape index (κ2) is 8.37. The number of esters is 1. The van der Waals surface area contributed by atoms with Gasteiger partial charge in [-0.05, 0) is 44.0 Å². The van der Waals surface area contributed by atoms with Crippen molar-refractivity contribution in [1.82, 2.24) is 0 Å². The average Bonchev–Trinajstić information content (AvgIpc) is 2.59. The zero-order chi connectivity index (χ0) is 16.7. The van der Waals surface area contributed by atoms with E-state index in [2.05, 4.69) is 30.9 Å². The summed E-state index contributed by atoms with van der Waals surface area (Å²) in [6.45, 7) is 8.44. The van der Waals surface area contributed by atoms with Crippen LogP contribution in [-0.2, 0) is 9.53 Å². The highest BCUT2D eigenvalue weighted by atomic mass is 16.5. The molecule has 23 heavy (non-hydrogen) atoms. The number of rotatable bonds is 7. The van der Waals surface area contributed by atoms with Crippen LogP contribution in [0.25, 0.3) is 0 Å². The van der Waals surface area contributed by atoms with E-state index in [0.29, 0.717) is 6.61 Å². The maximum Gasteiger partial charge on any atom is 0.317 e. The number of benzene rings is 2. The number of hydrogen-bond acceptors (Lipinski definition) is 3. The molecule has 0 saturated carbocycles. The van der Waals surface area contributed by atoms with Crippen LogP contribution in [0.3, 0.4) is 0 Å². The third-order valence-electron chi connectivity index (χ3n) is 4.01. The lowest BCUT2D eigenvalue weighted by Gasteiger charge is -2.22. The summed E-state index contributed by atoms with van der Waals surface area (Å²) < 4.78 is 5.28. The van der Waals surface area contributed by atoms with E-state index in [1.165, 1.54) is 5.69 Å². The Morgan fingerprint density at radius 3 is 2.00 bits per heavy atom. The van der Waals surface area contributed by atoms with Crippen molar-refractivity contribution in [1.29, 1.82) is 0 Å². The van der Waals surface area contributed by atoms with Crippen LogP contribution in [0.1, 0.15) is 37.8 Å². The predicted octanol–water partition coefficient (Wildman–Crippen LogP) is 4.23. The first kappa shape index (κ1) is 17.1. The highest BCUT2D eigenvalue weighted by molar-refractivity contribution is 5.82. The molecule has 0 amide bonds. The smallest absolute Gasteiger partial charge is 0.317 e. The van der Waals surface area contributed by atoms with Gasteiger partial charge in [-0.3, -0.25) is 4.79 Å². The number of nitrogens with zero attached hydrogens (tertiary/aromatic N) is 1. The SMILES string of the molecule is CCOC(=O)C(c1ccccc1)c1ccc(N(CC)CC)cc1. The molecule has 2 aromatic rings. The number of hydrogen-bond donors (Lipinski definition) is 0. The van der Waals surface area contributed by atoms with E-state index < -0.39 is 0 Å². The summed E-state index contributed by atoms with van der Waals surface area (Å²) in [5, 5.41) is 0. The van der Waals surface area contributed by atoms with Gasteiger partial charge in [0.25, 0.3) is 0 Å². The maximum atomic E-state index is 12.4. The van der Waals surface area contributed by atoms with Crippen LogP contribution in [0.2, 0.25) is 0 Å². The van der Waals surface area contributed by atoms with E-state index in [4.69, 9.17) is 4.74 Å². The normalized spacial score (nSPS) is 11.8. The Morgan fingerprint density at radius 1 is 0.913 bits per heavy atom. The van der Waals surface area contributed by atoms with E-state index >= 15 is 0 Å². The van der Waals surface area contributed by atoms with Crippen LogP contribution in [0.5, 0.6) is 0 Å². The van der Waals surface area contributed by atoms with Gasteiger partial charge in [-0.15, -0.1) is 0 Å². The molecule has 2 rings (SSSR count). The lowest BCUT2D eigenvalue weighted by Crippen LogP contribution is -2.22. The summed E-state index contributed by atoms with van der Waals surface area (Å²) in [7, 11) is 0. The van der Waals surface area contributed by atoms with E-state index in [0.717, 1.165) is 24.2 Å². The zero-order valence-electron chi connectivity index (χ0n) is 14.2. The number of anilines is 1. The van der Waals surface area contributed by atoms with Crippen LogP contribution in [0.4, 0.5) is 5.69 Å². The summed E-state index contributed by atoms with van der Waals surface area (Å²) >= 11 is 0. The molecule has 0 aliphatic heterocycles. The molecule has 0 aliphatic carbocycles. The van der Waals surface area contributed by atoms with E-state index in [9.17, 15) is 4.79 Å². The molecule has 0 heterocycles. The molecule has 0 aromatic heterocycles. The van der Waals surface area contributed by atoms with Gasteiger partial charge in [0.2, 0.25) is 0 Å². The molecule has 1 atom stereocenters. The molecule has 0 N–H and O–H groups in total. The van der Waals surface area contributed by atoms with Crippen molar-refractivity contribution >= 4 is 11.7 Å². The van der Waals surface area contributed by atoms with Crippen molar-refractivity contribution < 1.29 is 9.53 Å². The summed E-state index contributed by atoms with van der Waals surface area (Å²) in [5.41, 5.74) is 3.10. The standard InChI is InChI=1S/C20H25NO2/c1-4-21(5-2)18-14-12-17(13-15-18)19(20(22)23-6-3)16-10-8-7-9-11-16/h7-15,19H,4-6H2,1-3H3. The highest BCUT2D eigenvalue weighted by Gasteiger charge is 2.24. The van der Waals surface area contributed by atoms with Gasteiger partial charge in [0.05, 0.1) is 6.61 Å². The van der Waals surface area contributed by atoms with Crippen LogP contribution in [-0.4, -0.2) is 25.7 Å². The number of carbonyl (C=O) groups is 1. The second-order valence-electron chi connectivity index (χ2n) is 5.36. The van der Waals surface area contributed by atoms with E-state index in [-0.39, 0.29) is 11.9 Å². The van der Waals surface area contributed by atoms with Crippen LogP contribution < -0.4 is 4.90 Å². The van der Waals surface area contributed by atoms with E-state index in [1.54, 1.807) is 0 Å². The molecule has 2 aromatic carbocycles. The molecule has 0 radical (unpaired) electrons. The first-order valence-electron chi connectivity index (χ1n) is 8.27. The predicted molar refractivity (Wildman–Crippen MR) is 94.9 cm³/mol. The van der Waals surface area contributed by atoms with Gasteiger partial charge in [-0.1, -0.05) is 42.5 Å². The Labute approximate surface area is 138 Å². The van der Waals surface area contributed by atoms with Crippen molar-refractivity contribution in [2.24, 2.45) is 0 Å². The number of ether oxygens (including phenoxy) is 1. The Morgan fingerprint density at radius 2 is 1.48 bits per heavy atom. The quantitative estimate of drug-likeness (QED) is 0.717. The van der Waals surface area contributed by atoms with Crippen LogP contribution in [0, 0.1) is 0 Å². The third-order valence-corrected chi connectivity index (χ3v) is 4.01. The molecule has 122 valence electrons. The largest absolute Gasteiger partial charge is 0.465 e. The average molecular weight is 311 g/mol. The summed E-state index contributed by atoms with van der Waals surface area (Å²) in [6.07, 6.45) is 0. The molecule has 0 spiro atoms. The van der Waals surface area contributed by atoms with Crippen molar-refractivity contribution in [2.75, 3.05) is 24.6 Å². The molecular weight excluding hydrogens is 286 g/mol. The van der Waals surface area contributed by atoms with Crippen molar-refractivity contribution in [3.05, 3.63) is 65.7 Å². The molecule has 1 unspecified atom stereocenters. The first-order chi connectivity index (χ1) is 11.2. The van der Waals surface area contributed by atoms with Crippen LogP contribution >= 0.6 is 0 Å². The van der Waals surface area contributed by atoms with Gasteiger partial charge in [-0.25, -0.2) is 0 Å². The lowest BCUT2D eigenvalue weighted by atomic mass is 9.91. The monoisotopic (exact) mass is 311 g/mol. The molecule has 0 aliphatic rings. The molecule has 3 nitrogen and oxygen atoms in total. The molecular formula is C20H25NO2. The van der Waals surface area contributed by atoms with Crippen molar-refractivity contribution in [2.45, 2.75) is 26.7 Å². The molecule has 3 heteroatoms. The summed E-state index contributed by atoms with van der Waals surface area (Å²) in [5.74, 6) is -0.573. The first-order valence-corrected chi connectivity index (χ1v) is 8.27. The molecule has 0 bridgehead atoms.